The number of Topliss-reactive ketones (excluding diaryl/α,β-unsaturated/α-hetero) is 1. The van der Waals surface area contributed by atoms with Gasteiger partial charge in [0.1, 0.15) is 0 Å². The summed E-state index contributed by atoms with van der Waals surface area (Å²) in [5.74, 6) is -0.0184. The zero-order valence-corrected chi connectivity index (χ0v) is 12.7. The van der Waals surface area contributed by atoms with Gasteiger partial charge >= 0.3 is 0 Å². The van der Waals surface area contributed by atoms with E-state index in [9.17, 15) is 9.59 Å². The van der Waals surface area contributed by atoms with E-state index in [2.05, 4.69) is 12.2 Å². The van der Waals surface area contributed by atoms with Gasteiger partial charge in [0.2, 0.25) is 5.91 Å². The van der Waals surface area contributed by atoms with Crippen molar-refractivity contribution in [1.29, 1.82) is 0 Å². The molecule has 0 bridgehead atoms. The first kappa shape index (κ1) is 18.1. The molecule has 0 unspecified atom stereocenters. The Labute approximate surface area is 117 Å². The lowest BCUT2D eigenvalue weighted by atomic mass is 9.99. The molecule has 1 amide bonds. The van der Waals surface area contributed by atoms with Gasteiger partial charge < -0.3 is 11.1 Å². The summed E-state index contributed by atoms with van der Waals surface area (Å²) in [6, 6.07) is -0.409. The number of ketones is 1. The summed E-state index contributed by atoms with van der Waals surface area (Å²) in [5.41, 5.74) is 5.49. The molecule has 0 aromatic carbocycles. The molecule has 19 heavy (non-hydrogen) atoms. The predicted molar refractivity (Wildman–Crippen MR) is 78.8 cm³/mol. The molecule has 0 spiro atoms. The number of carbonyl (C=O) groups excluding carboxylic acids is 2. The summed E-state index contributed by atoms with van der Waals surface area (Å²) in [7, 11) is 0. The van der Waals surface area contributed by atoms with Gasteiger partial charge in [-0.05, 0) is 19.4 Å². The van der Waals surface area contributed by atoms with Crippen LogP contribution in [0.1, 0.15) is 65.7 Å². The van der Waals surface area contributed by atoms with Gasteiger partial charge in [-0.3, -0.25) is 9.59 Å². The normalized spacial score (nSPS) is 12.5. The SMILES string of the molecule is CCCCCCCC(=O)N[C@@H](CCN)C(=O)C(C)C. The third-order valence-electron chi connectivity index (χ3n) is 3.21. The molecular weight excluding hydrogens is 240 g/mol. The third-order valence-corrected chi connectivity index (χ3v) is 3.21. The highest BCUT2D eigenvalue weighted by atomic mass is 16.2. The third kappa shape index (κ3) is 8.76. The van der Waals surface area contributed by atoms with Crippen molar-refractivity contribution in [3.05, 3.63) is 0 Å². The van der Waals surface area contributed by atoms with E-state index >= 15 is 0 Å². The van der Waals surface area contributed by atoms with Crippen molar-refractivity contribution in [2.45, 2.75) is 71.8 Å². The fourth-order valence-corrected chi connectivity index (χ4v) is 2.01. The Hall–Kier alpha value is -0.900. The van der Waals surface area contributed by atoms with Gasteiger partial charge in [-0.2, -0.15) is 0 Å². The van der Waals surface area contributed by atoms with Crippen molar-refractivity contribution in [3.63, 3.8) is 0 Å². The molecule has 0 aliphatic rings. The quantitative estimate of drug-likeness (QED) is 0.566. The van der Waals surface area contributed by atoms with Gasteiger partial charge in [0.05, 0.1) is 6.04 Å². The van der Waals surface area contributed by atoms with Crippen LogP contribution in [0.15, 0.2) is 0 Å². The summed E-state index contributed by atoms with van der Waals surface area (Å²) in [6.07, 6.45) is 6.63. The van der Waals surface area contributed by atoms with E-state index in [4.69, 9.17) is 5.73 Å². The predicted octanol–water partition coefficient (Wildman–Crippen LogP) is 2.41. The van der Waals surface area contributed by atoms with Crippen LogP contribution in [0.4, 0.5) is 0 Å². The first-order valence-electron chi connectivity index (χ1n) is 7.56. The molecule has 4 heteroatoms. The molecule has 0 fully saturated rings. The molecule has 0 saturated carbocycles. The van der Waals surface area contributed by atoms with E-state index in [1.165, 1.54) is 19.3 Å². The molecular formula is C15H30N2O2. The van der Waals surface area contributed by atoms with Gasteiger partial charge in [-0.15, -0.1) is 0 Å². The minimum Gasteiger partial charge on any atom is -0.346 e. The summed E-state index contributed by atoms with van der Waals surface area (Å²) < 4.78 is 0. The monoisotopic (exact) mass is 270 g/mol. The Morgan fingerprint density at radius 3 is 2.26 bits per heavy atom. The highest BCUT2D eigenvalue weighted by Crippen LogP contribution is 2.07. The van der Waals surface area contributed by atoms with Gasteiger partial charge in [0.15, 0.2) is 5.78 Å². The maximum Gasteiger partial charge on any atom is 0.220 e. The zero-order valence-electron chi connectivity index (χ0n) is 12.7. The Balaban J connectivity index is 4.00. The molecule has 3 N–H and O–H groups in total. The highest BCUT2D eigenvalue weighted by Gasteiger charge is 2.21. The van der Waals surface area contributed by atoms with E-state index < -0.39 is 6.04 Å². The maximum absolute atomic E-state index is 11.9. The average molecular weight is 270 g/mol. The zero-order chi connectivity index (χ0) is 14.7. The van der Waals surface area contributed by atoms with Crippen LogP contribution in [-0.4, -0.2) is 24.3 Å². The number of rotatable bonds is 11. The maximum atomic E-state index is 11.9. The van der Waals surface area contributed by atoms with Crippen molar-refractivity contribution < 1.29 is 9.59 Å². The van der Waals surface area contributed by atoms with Gasteiger partial charge in [0.25, 0.3) is 0 Å². The van der Waals surface area contributed by atoms with Crippen LogP contribution >= 0.6 is 0 Å². The molecule has 4 nitrogen and oxygen atoms in total. The number of amides is 1. The molecule has 0 aromatic heterocycles. The Kier molecular flexibility index (Phi) is 10.5. The highest BCUT2D eigenvalue weighted by molar-refractivity contribution is 5.90. The summed E-state index contributed by atoms with van der Waals surface area (Å²) >= 11 is 0. The minimum atomic E-state index is -0.409. The second-order valence-electron chi connectivity index (χ2n) is 5.42. The molecule has 0 aromatic rings. The van der Waals surface area contributed by atoms with Crippen LogP contribution in [0.5, 0.6) is 0 Å². The fraction of sp³-hybridized carbons (Fsp3) is 0.867. The molecule has 112 valence electrons. The second-order valence-corrected chi connectivity index (χ2v) is 5.42. The number of carbonyl (C=O) groups is 2. The van der Waals surface area contributed by atoms with Crippen molar-refractivity contribution in [3.8, 4) is 0 Å². The van der Waals surface area contributed by atoms with Gasteiger partial charge in [-0.1, -0.05) is 46.5 Å². The first-order chi connectivity index (χ1) is 9.02. The number of nitrogens with one attached hydrogen (secondary N) is 1. The molecule has 0 aliphatic heterocycles. The van der Waals surface area contributed by atoms with Crippen molar-refractivity contribution in [2.75, 3.05) is 6.54 Å². The van der Waals surface area contributed by atoms with E-state index in [-0.39, 0.29) is 17.6 Å². The van der Waals surface area contributed by atoms with E-state index in [0.29, 0.717) is 19.4 Å². The number of hydrogen-bond donors (Lipinski definition) is 2. The van der Waals surface area contributed by atoms with Crippen molar-refractivity contribution >= 4 is 11.7 Å². The molecule has 0 radical (unpaired) electrons. The Bertz CT molecular complexity index is 265. The topological polar surface area (TPSA) is 72.2 Å². The molecule has 0 rings (SSSR count). The summed E-state index contributed by atoms with van der Waals surface area (Å²) in [6.45, 7) is 6.28. The number of unbranched alkanes of at least 4 members (excludes halogenated alkanes) is 4. The van der Waals surface area contributed by atoms with Crippen LogP contribution < -0.4 is 11.1 Å². The summed E-state index contributed by atoms with van der Waals surface area (Å²) in [4.78, 5) is 23.7. The van der Waals surface area contributed by atoms with Crippen LogP contribution in [0.25, 0.3) is 0 Å². The Morgan fingerprint density at radius 1 is 1.11 bits per heavy atom. The first-order valence-corrected chi connectivity index (χ1v) is 7.56. The minimum absolute atomic E-state index is 0.0241. The van der Waals surface area contributed by atoms with Crippen molar-refractivity contribution in [1.82, 2.24) is 5.32 Å². The van der Waals surface area contributed by atoms with Crippen LogP contribution in [0.3, 0.4) is 0 Å². The van der Waals surface area contributed by atoms with Crippen LogP contribution in [0.2, 0.25) is 0 Å². The largest absolute Gasteiger partial charge is 0.346 e. The molecule has 1 atom stereocenters. The molecule has 0 aliphatic carbocycles. The van der Waals surface area contributed by atoms with E-state index in [1.807, 2.05) is 13.8 Å². The smallest absolute Gasteiger partial charge is 0.220 e. The van der Waals surface area contributed by atoms with Crippen LogP contribution in [-0.2, 0) is 9.59 Å². The molecule has 0 saturated heterocycles. The summed E-state index contributed by atoms with van der Waals surface area (Å²) in [5, 5.41) is 2.82. The Morgan fingerprint density at radius 2 is 1.74 bits per heavy atom. The van der Waals surface area contributed by atoms with Gasteiger partial charge in [-0.25, -0.2) is 0 Å². The van der Waals surface area contributed by atoms with Crippen LogP contribution in [0, 0.1) is 5.92 Å². The second kappa shape index (κ2) is 11.0. The van der Waals surface area contributed by atoms with E-state index in [1.54, 1.807) is 0 Å². The van der Waals surface area contributed by atoms with E-state index in [0.717, 1.165) is 12.8 Å². The standard InChI is InChI=1S/C15H30N2O2/c1-4-5-6-7-8-9-14(18)17-13(10-11-16)15(19)12(2)3/h12-13H,4-11,16H2,1-3H3,(H,17,18)/t13-/m0/s1. The lowest BCUT2D eigenvalue weighted by Crippen LogP contribution is -2.43. The van der Waals surface area contributed by atoms with Gasteiger partial charge in [0, 0.05) is 12.3 Å². The number of hydrogen-bond acceptors (Lipinski definition) is 3. The fourth-order valence-electron chi connectivity index (χ4n) is 2.01. The molecule has 0 heterocycles. The lowest BCUT2D eigenvalue weighted by Gasteiger charge is -2.18. The average Bonchev–Trinajstić information content (AvgIpc) is 2.37. The number of nitrogens with two attached hydrogens (primary N) is 1. The lowest BCUT2D eigenvalue weighted by molar-refractivity contribution is -0.129. The van der Waals surface area contributed by atoms with Crippen molar-refractivity contribution in [2.24, 2.45) is 11.7 Å².